The van der Waals surface area contributed by atoms with Crippen molar-refractivity contribution in [3.63, 3.8) is 0 Å². The lowest BCUT2D eigenvalue weighted by atomic mass is 9.76. The second-order valence-corrected chi connectivity index (χ2v) is 9.18. The van der Waals surface area contributed by atoms with Crippen LogP contribution in [0.15, 0.2) is 0 Å². The van der Waals surface area contributed by atoms with Gasteiger partial charge in [0.25, 0.3) is 5.91 Å². The van der Waals surface area contributed by atoms with Gasteiger partial charge in [-0.25, -0.2) is 4.79 Å². The van der Waals surface area contributed by atoms with Crippen LogP contribution < -0.4 is 10.6 Å². The first-order valence-electron chi connectivity index (χ1n) is 8.83. The van der Waals surface area contributed by atoms with Gasteiger partial charge in [0.2, 0.25) is 0 Å². The second kappa shape index (κ2) is 6.69. The molecule has 0 bridgehead atoms. The predicted octanol–water partition coefficient (Wildman–Crippen LogP) is 1.45. The van der Waals surface area contributed by atoms with Gasteiger partial charge < -0.3 is 20.3 Å². The molecule has 2 N–H and O–H groups in total. The Hall–Kier alpha value is -1.46. The summed E-state index contributed by atoms with van der Waals surface area (Å²) in [7, 11) is 0. The fraction of sp³-hybridized carbons (Fsp3) is 0.824. The SMILES string of the molecule is CC(C)(C)OC(=O)N[C@]1(C2CCNCC2)C[C@@H]2SC[C@@H](C#N)N2C1=O. The van der Waals surface area contributed by atoms with E-state index in [2.05, 4.69) is 16.7 Å². The monoisotopic (exact) mass is 366 g/mol. The van der Waals surface area contributed by atoms with Crippen LogP contribution in [0, 0.1) is 17.2 Å². The molecule has 0 aromatic carbocycles. The molecule has 3 saturated heterocycles. The fourth-order valence-corrected chi connectivity index (χ4v) is 5.46. The van der Waals surface area contributed by atoms with Gasteiger partial charge in [-0.3, -0.25) is 4.79 Å². The molecule has 8 heteroatoms. The second-order valence-electron chi connectivity index (χ2n) is 7.97. The first kappa shape index (κ1) is 18.3. The number of amides is 2. The average molecular weight is 366 g/mol. The van der Waals surface area contributed by atoms with Gasteiger partial charge in [0.1, 0.15) is 17.2 Å². The van der Waals surface area contributed by atoms with E-state index in [4.69, 9.17) is 4.74 Å². The molecule has 3 aliphatic rings. The Bertz CT molecular complexity index is 594. The Labute approximate surface area is 152 Å². The maximum atomic E-state index is 13.3. The third-order valence-corrected chi connectivity index (χ3v) is 6.40. The van der Waals surface area contributed by atoms with Gasteiger partial charge in [0, 0.05) is 12.2 Å². The van der Waals surface area contributed by atoms with Crippen LogP contribution in [-0.4, -0.2) is 58.3 Å². The number of hydrogen-bond acceptors (Lipinski definition) is 6. The summed E-state index contributed by atoms with van der Waals surface area (Å²) in [6, 6.07) is 1.82. The average Bonchev–Trinajstić information content (AvgIpc) is 3.05. The normalized spacial score (nSPS) is 33.0. The van der Waals surface area contributed by atoms with E-state index in [1.165, 1.54) is 0 Å². The minimum atomic E-state index is -0.961. The minimum Gasteiger partial charge on any atom is -0.444 e. The molecule has 0 aromatic heterocycles. The smallest absolute Gasteiger partial charge is 0.408 e. The van der Waals surface area contributed by atoms with Gasteiger partial charge in [-0.1, -0.05) is 0 Å². The van der Waals surface area contributed by atoms with Gasteiger partial charge in [-0.15, -0.1) is 11.8 Å². The number of carbonyl (C=O) groups excluding carboxylic acids is 2. The number of alkyl carbamates (subject to hydrolysis) is 1. The van der Waals surface area contributed by atoms with Crippen LogP contribution in [0.25, 0.3) is 0 Å². The number of carbonyl (C=O) groups is 2. The van der Waals surface area contributed by atoms with E-state index in [0.29, 0.717) is 12.2 Å². The maximum Gasteiger partial charge on any atom is 0.408 e. The van der Waals surface area contributed by atoms with Crippen LogP contribution >= 0.6 is 11.8 Å². The third-order valence-electron chi connectivity index (χ3n) is 5.11. The van der Waals surface area contributed by atoms with Crippen molar-refractivity contribution in [3.05, 3.63) is 0 Å². The van der Waals surface area contributed by atoms with Crippen molar-refractivity contribution in [2.45, 2.75) is 62.6 Å². The van der Waals surface area contributed by atoms with E-state index in [0.717, 1.165) is 25.9 Å². The quantitative estimate of drug-likeness (QED) is 0.768. The van der Waals surface area contributed by atoms with Crippen LogP contribution in [0.2, 0.25) is 0 Å². The summed E-state index contributed by atoms with van der Waals surface area (Å²) in [5, 5.41) is 15.6. The zero-order valence-corrected chi connectivity index (χ0v) is 15.8. The lowest BCUT2D eigenvalue weighted by Crippen LogP contribution is -2.61. The van der Waals surface area contributed by atoms with Crippen molar-refractivity contribution < 1.29 is 14.3 Å². The first-order chi connectivity index (χ1) is 11.8. The number of rotatable bonds is 2. The van der Waals surface area contributed by atoms with Crippen molar-refractivity contribution in [1.82, 2.24) is 15.5 Å². The van der Waals surface area contributed by atoms with E-state index in [1.54, 1.807) is 37.4 Å². The number of nitriles is 1. The molecule has 25 heavy (non-hydrogen) atoms. The van der Waals surface area contributed by atoms with Crippen molar-refractivity contribution in [3.8, 4) is 6.07 Å². The molecule has 7 nitrogen and oxygen atoms in total. The highest BCUT2D eigenvalue weighted by atomic mass is 32.2. The zero-order chi connectivity index (χ0) is 18.2. The Morgan fingerprint density at radius 2 is 2.12 bits per heavy atom. The molecule has 2 amide bonds. The summed E-state index contributed by atoms with van der Waals surface area (Å²) >= 11 is 1.63. The third kappa shape index (κ3) is 3.44. The van der Waals surface area contributed by atoms with Crippen LogP contribution in [0.5, 0.6) is 0 Å². The van der Waals surface area contributed by atoms with Crippen molar-refractivity contribution in [1.29, 1.82) is 5.26 Å². The summed E-state index contributed by atoms with van der Waals surface area (Å²) in [5.41, 5.74) is -1.58. The van der Waals surface area contributed by atoms with Gasteiger partial charge in [-0.2, -0.15) is 5.26 Å². The number of nitrogens with one attached hydrogen (secondary N) is 2. The summed E-state index contributed by atoms with van der Waals surface area (Å²) in [4.78, 5) is 27.5. The number of hydrogen-bond donors (Lipinski definition) is 2. The molecule has 3 aliphatic heterocycles. The number of ether oxygens (including phenoxy) is 1. The van der Waals surface area contributed by atoms with Crippen molar-refractivity contribution in [2.75, 3.05) is 18.8 Å². The molecular weight excluding hydrogens is 340 g/mol. The predicted molar refractivity (Wildman–Crippen MR) is 94.8 cm³/mol. The molecule has 0 radical (unpaired) electrons. The number of nitrogens with zero attached hydrogens (tertiary/aromatic N) is 2. The van der Waals surface area contributed by atoms with Crippen molar-refractivity contribution in [2.24, 2.45) is 5.92 Å². The standard InChI is InChI=1S/C17H26N4O3S/c1-16(2,3)24-15(23)20-17(11-4-6-19-7-5-11)8-13-21(14(17)22)12(9-18)10-25-13/h11-13,19H,4-8,10H2,1-3H3,(H,20,23)/t12-,13+,17+/m1/s1. The van der Waals surface area contributed by atoms with Crippen molar-refractivity contribution >= 4 is 23.8 Å². The molecule has 3 heterocycles. The molecule has 0 aliphatic carbocycles. The molecule has 0 saturated carbocycles. The molecule has 3 fully saturated rings. The van der Waals surface area contributed by atoms with Gasteiger partial charge >= 0.3 is 6.09 Å². The number of thioether (sulfide) groups is 1. The molecule has 3 rings (SSSR count). The number of piperidine rings is 1. The summed E-state index contributed by atoms with van der Waals surface area (Å²) in [6.45, 7) is 7.07. The zero-order valence-electron chi connectivity index (χ0n) is 15.0. The maximum absolute atomic E-state index is 13.3. The van der Waals surface area contributed by atoms with E-state index in [9.17, 15) is 14.9 Å². The fourth-order valence-electron chi connectivity index (χ4n) is 4.03. The Morgan fingerprint density at radius 3 is 2.72 bits per heavy atom. The Kier molecular flexibility index (Phi) is 4.91. The highest BCUT2D eigenvalue weighted by Crippen LogP contribution is 2.46. The Balaban J connectivity index is 1.87. The summed E-state index contributed by atoms with van der Waals surface area (Å²) < 4.78 is 5.43. The molecule has 3 atom stereocenters. The van der Waals surface area contributed by atoms with Crippen LogP contribution in [0.3, 0.4) is 0 Å². The Morgan fingerprint density at radius 1 is 1.44 bits per heavy atom. The summed E-state index contributed by atoms with van der Waals surface area (Å²) in [6.07, 6.45) is 1.63. The number of fused-ring (bicyclic) bond motifs is 1. The molecule has 0 spiro atoms. The van der Waals surface area contributed by atoms with Gasteiger partial charge in [0.05, 0.1) is 11.4 Å². The van der Waals surface area contributed by atoms with E-state index >= 15 is 0 Å². The van der Waals surface area contributed by atoms with E-state index < -0.39 is 23.3 Å². The highest BCUT2D eigenvalue weighted by Gasteiger charge is 2.60. The summed E-state index contributed by atoms with van der Waals surface area (Å²) in [5.74, 6) is 0.577. The first-order valence-corrected chi connectivity index (χ1v) is 9.87. The van der Waals surface area contributed by atoms with Gasteiger partial charge in [0.15, 0.2) is 0 Å². The molecule has 138 valence electrons. The lowest BCUT2D eigenvalue weighted by Gasteiger charge is -2.39. The molecule has 0 aromatic rings. The van der Waals surface area contributed by atoms with Crippen LogP contribution in [0.1, 0.15) is 40.0 Å². The van der Waals surface area contributed by atoms with E-state index in [-0.39, 0.29) is 17.2 Å². The molecule has 0 unspecified atom stereocenters. The molecular formula is C17H26N4O3S. The minimum absolute atomic E-state index is 0.0398. The largest absolute Gasteiger partial charge is 0.444 e. The lowest BCUT2D eigenvalue weighted by molar-refractivity contribution is -0.136. The van der Waals surface area contributed by atoms with Crippen LogP contribution in [-0.2, 0) is 9.53 Å². The topological polar surface area (TPSA) is 94.5 Å². The van der Waals surface area contributed by atoms with E-state index in [1.807, 2.05) is 0 Å². The van der Waals surface area contributed by atoms with Gasteiger partial charge in [-0.05, 0) is 52.6 Å². The highest BCUT2D eigenvalue weighted by molar-refractivity contribution is 8.00. The van der Waals surface area contributed by atoms with Crippen LogP contribution in [0.4, 0.5) is 4.79 Å².